The van der Waals surface area contributed by atoms with Crippen LogP contribution in [0.4, 0.5) is 0 Å². The van der Waals surface area contributed by atoms with Gasteiger partial charge in [0.1, 0.15) is 0 Å². The Labute approximate surface area is 126 Å². The van der Waals surface area contributed by atoms with E-state index in [1.54, 1.807) is 13.3 Å². The summed E-state index contributed by atoms with van der Waals surface area (Å²) >= 11 is -1.93. The first-order chi connectivity index (χ1) is 9.14. The van der Waals surface area contributed by atoms with E-state index < -0.39 is 18.4 Å². The van der Waals surface area contributed by atoms with Crippen molar-refractivity contribution in [1.82, 2.24) is 0 Å². The molecule has 0 aromatic carbocycles. The molecule has 0 aromatic heterocycles. The van der Waals surface area contributed by atoms with E-state index in [2.05, 4.69) is 34.6 Å². The van der Waals surface area contributed by atoms with E-state index in [0.29, 0.717) is 0 Å². The Hall–Kier alpha value is 0.469. The molecule has 0 bridgehead atoms. The van der Waals surface area contributed by atoms with E-state index in [-0.39, 0.29) is 0 Å². The Bertz CT molecular complexity index is 214. The maximum absolute atomic E-state index is 4.70. The SMILES string of the molecule is CCC[CH2][Sn]([CH2]CCC)([CH2]CCC)[CH2]C(C)=NCC. The summed E-state index contributed by atoms with van der Waals surface area (Å²) in [7, 11) is 0. The first-order valence-corrected chi connectivity index (χ1v) is 16.7. The number of aliphatic imine (C=N–C) groups is 1. The van der Waals surface area contributed by atoms with Crippen LogP contribution in [-0.4, -0.2) is 30.6 Å². The Morgan fingerprint density at radius 1 is 0.789 bits per heavy atom. The average molecular weight is 374 g/mol. The summed E-state index contributed by atoms with van der Waals surface area (Å²) in [5.74, 6) is 0. The van der Waals surface area contributed by atoms with E-state index in [4.69, 9.17) is 4.99 Å². The predicted molar refractivity (Wildman–Crippen MR) is 93.4 cm³/mol. The van der Waals surface area contributed by atoms with Gasteiger partial charge >= 0.3 is 127 Å². The van der Waals surface area contributed by atoms with Crippen molar-refractivity contribution >= 4 is 24.1 Å². The molecule has 0 aromatic rings. The zero-order chi connectivity index (χ0) is 14.6. The maximum atomic E-state index is 4.70. The second-order valence-electron chi connectivity index (χ2n) is 6.20. The van der Waals surface area contributed by atoms with Crippen molar-refractivity contribution in [1.29, 1.82) is 0 Å². The first kappa shape index (κ1) is 19.5. The predicted octanol–water partition coefficient (Wildman–Crippen LogP) is 6.32. The third kappa shape index (κ3) is 9.09. The molecule has 0 atom stereocenters. The molecule has 1 nitrogen and oxygen atoms in total. The Kier molecular flexibility index (Phi) is 12.5. The van der Waals surface area contributed by atoms with E-state index in [0.717, 1.165) is 6.54 Å². The summed E-state index contributed by atoms with van der Waals surface area (Å²) in [5.41, 5.74) is 1.47. The Morgan fingerprint density at radius 2 is 1.21 bits per heavy atom. The quantitative estimate of drug-likeness (QED) is 0.280. The van der Waals surface area contributed by atoms with Gasteiger partial charge in [0.15, 0.2) is 0 Å². The van der Waals surface area contributed by atoms with Crippen LogP contribution in [0.25, 0.3) is 0 Å². The normalized spacial score (nSPS) is 13.0. The molecule has 114 valence electrons. The molecular weight excluding hydrogens is 337 g/mol. The molecule has 0 unspecified atom stereocenters. The second kappa shape index (κ2) is 12.2. The van der Waals surface area contributed by atoms with Crippen molar-refractivity contribution in [2.45, 2.75) is 90.9 Å². The van der Waals surface area contributed by atoms with Gasteiger partial charge < -0.3 is 0 Å². The van der Waals surface area contributed by atoms with Crippen LogP contribution in [-0.2, 0) is 0 Å². The monoisotopic (exact) mass is 375 g/mol. The van der Waals surface area contributed by atoms with Gasteiger partial charge in [-0.1, -0.05) is 0 Å². The van der Waals surface area contributed by atoms with Gasteiger partial charge in [0, 0.05) is 0 Å². The number of rotatable bonds is 12. The molecule has 0 rings (SSSR count). The molecule has 0 saturated heterocycles. The fourth-order valence-electron chi connectivity index (χ4n) is 3.16. The van der Waals surface area contributed by atoms with Crippen LogP contribution in [0.1, 0.15) is 73.1 Å². The number of hydrogen-bond acceptors (Lipinski definition) is 1. The van der Waals surface area contributed by atoms with Crippen molar-refractivity contribution < 1.29 is 0 Å². The molecule has 0 radical (unpaired) electrons. The van der Waals surface area contributed by atoms with Crippen LogP contribution in [0.15, 0.2) is 4.99 Å². The van der Waals surface area contributed by atoms with Gasteiger partial charge in [0.25, 0.3) is 0 Å². The van der Waals surface area contributed by atoms with Crippen LogP contribution >= 0.6 is 0 Å². The fourth-order valence-corrected chi connectivity index (χ4v) is 19.7. The molecule has 0 aliphatic carbocycles. The van der Waals surface area contributed by atoms with E-state index >= 15 is 0 Å². The minimum absolute atomic E-state index is 0.975. The average Bonchev–Trinajstić information content (AvgIpc) is 2.40. The van der Waals surface area contributed by atoms with Crippen LogP contribution in [0, 0.1) is 0 Å². The second-order valence-corrected chi connectivity index (χ2v) is 20.0. The molecule has 0 amide bonds. The first-order valence-electron chi connectivity index (χ1n) is 8.64. The van der Waals surface area contributed by atoms with Crippen molar-refractivity contribution in [3.8, 4) is 0 Å². The van der Waals surface area contributed by atoms with Gasteiger partial charge in [-0.2, -0.15) is 0 Å². The van der Waals surface area contributed by atoms with E-state index in [1.807, 2.05) is 0 Å². The molecule has 0 N–H and O–H groups in total. The van der Waals surface area contributed by atoms with Gasteiger partial charge in [-0.15, -0.1) is 0 Å². The summed E-state index contributed by atoms with van der Waals surface area (Å²) in [6.07, 6.45) is 8.55. The molecule has 0 fully saturated rings. The molecule has 0 saturated carbocycles. The van der Waals surface area contributed by atoms with Gasteiger partial charge in [-0.3, -0.25) is 0 Å². The summed E-state index contributed by atoms with van der Waals surface area (Å²) in [6, 6.07) is 0. The molecular formula is C17H37NSn. The zero-order valence-corrected chi connectivity index (χ0v) is 17.1. The molecule has 2 heteroatoms. The fraction of sp³-hybridized carbons (Fsp3) is 0.941. The van der Waals surface area contributed by atoms with E-state index in [9.17, 15) is 0 Å². The third-order valence-corrected chi connectivity index (χ3v) is 20.0. The van der Waals surface area contributed by atoms with Crippen LogP contribution in [0.5, 0.6) is 0 Å². The van der Waals surface area contributed by atoms with Crippen molar-refractivity contribution in [3.05, 3.63) is 0 Å². The summed E-state index contributed by atoms with van der Waals surface area (Å²) in [5, 5.41) is 0. The van der Waals surface area contributed by atoms with Gasteiger partial charge in [-0.25, -0.2) is 0 Å². The van der Waals surface area contributed by atoms with Gasteiger partial charge in [0.05, 0.1) is 0 Å². The molecule has 0 spiro atoms. The zero-order valence-electron chi connectivity index (χ0n) is 14.2. The molecule has 0 aliphatic rings. The molecule has 0 heterocycles. The van der Waals surface area contributed by atoms with Crippen LogP contribution in [0.3, 0.4) is 0 Å². The van der Waals surface area contributed by atoms with Crippen molar-refractivity contribution in [2.24, 2.45) is 4.99 Å². The Balaban J connectivity index is 4.80. The van der Waals surface area contributed by atoms with Crippen molar-refractivity contribution in [2.75, 3.05) is 6.54 Å². The molecule has 19 heavy (non-hydrogen) atoms. The number of unbranched alkanes of at least 4 members (excludes halogenated alkanes) is 3. The topological polar surface area (TPSA) is 12.4 Å². The van der Waals surface area contributed by atoms with Crippen molar-refractivity contribution in [3.63, 3.8) is 0 Å². The summed E-state index contributed by atoms with van der Waals surface area (Å²) in [4.78, 5) is 4.70. The Morgan fingerprint density at radius 3 is 1.53 bits per heavy atom. The number of hydrogen-bond donors (Lipinski definition) is 0. The molecule has 0 aliphatic heterocycles. The van der Waals surface area contributed by atoms with Crippen LogP contribution < -0.4 is 0 Å². The minimum atomic E-state index is -1.93. The van der Waals surface area contributed by atoms with Gasteiger partial charge in [0.2, 0.25) is 0 Å². The summed E-state index contributed by atoms with van der Waals surface area (Å²) in [6.45, 7) is 12.5. The summed E-state index contributed by atoms with van der Waals surface area (Å²) < 4.78 is 6.29. The third-order valence-electron chi connectivity index (χ3n) is 4.24. The van der Waals surface area contributed by atoms with Gasteiger partial charge in [-0.05, 0) is 0 Å². The number of nitrogens with zero attached hydrogens (tertiary/aromatic N) is 1. The van der Waals surface area contributed by atoms with E-state index in [1.165, 1.54) is 48.7 Å². The van der Waals surface area contributed by atoms with Crippen LogP contribution in [0.2, 0.25) is 17.7 Å². The standard InChI is InChI=1S/C5H10N.3C4H9.Sn/c1-4-6-5(2)3;3*1-3-4-2;/h2,4H2,1,3H3;3*1,3-4H2,2H3;.